The maximum absolute atomic E-state index is 13.1. The second-order valence-electron chi connectivity index (χ2n) is 7.48. The molecule has 0 saturated heterocycles. The van der Waals surface area contributed by atoms with Gasteiger partial charge in [0.15, 0.2) is 6.61 Å². The van der Waals surface area contributed by atoms with Crippen molar-refractivity contribution in [2.75, 3.05) is 13.2 Å². The van der Waals surface area contributed by atoms with E-state index < -0.39 is 6.04 Å². The van der Waals surface area contributed by atoms with Crippen LogP contribution in [-0.2, 0) is 16.1 Å². The summed E-state index contributed by atoms with van der Waals surface area (Å²) in [5.41, 5.74) is 2.11. The Morgan fingerprint density at radius 3 is 2.20 bits per heavy atom. The summed E-state index contributed by atoms with van der Waals surface area (Å²) < 4.78 is 5.73. The molecule has 0 aliphatic carbocycles. The summed E-state index contributed by atoms with van der Waals surface area (Å²) in [6.07, 6.45) is 0.508. The highest BCUT2D eigenvalue weighted by Crippen LogP contribution is 2.19. The van der Waals surface area contributed by atoms with Gasteiger partial charge < -0.3 is 15.0 Å². The Labute approximate surface area is 184 Å². The van der Waals surface area contributed by atoms with E-state index >= 15 is 0 Å². The number of amides is 2. The molecule has 0 aromatic heterocycles. The lowest BCUT2D eigenvalue weighted by molar-refractivity contribution is -0.142. The number of ether oxygens (including phenoxy) is 1. The molecule has 0 aliphatic rings. The van der Waals surface area contributed by atoms with Gasteiger partial charge in [-0.15, -0.1) is 0 Å². The van der Waals surface area contributed by atoms with Crippen molar-refractivity contribution in [3.63, 3.8) is 0 Å². The fourth-order valence-corrected chi connectivity index (χ4v) is 3.30. The number of hydrogen-bond donors (Lipinski definition) is 1. The van der Waals surface area contributed by atoms with Gasteiger partial charge in [0.05, 0.1) is 0 Å². The molecule has 1 N–H and O–H groups in total. The summed E-state index contributed by atoms with van der Waals surface area (Å²) >= 11 is 5.98. The van der Waals surface area contributed by atoms with E-state index in [2.05, 4.69) is 19.2 Å². The molecule has 0 bridgehead atoms. The predicted molar refractivity (Wildman–Crippen MR) is 121 cm³/mol. The molecule has 0 radical (unpaired) electrons. The van der Waals surface area contributed by atoms with Crippen molar-refractivity contribution < 1.29 is 14.3 Å². The molecule has 0 saturated carbocycles. The van der Waals surface area contributed by atoms with Crippen molar-refractivity contribution in [1.82, 2.24) is 10.2 Å². The minimum absolute atomic E-state index is 0.134. The standard InChI is InChI=1S/C24H31ClN2O3/c1-5-22(24(29)26-6-2)27(15-18-7-11-20(25)12-8-18)23(28)16-30-21-13-9-19(10-14-21)17(3)4/h7-14,17,22H,5-6,15-16H2,1-4H3,(H,26,29). The summed E-state index contributed by atoms with van der Waals surface area (Å²) in [6, 6.07) is 14.4. The van der Waals surface area contributed by atoms with Crippen LogP contribution >= 0.6 is 11.6 Å². The van der Waals surface area contributed by atoms with Gasteiger partial charge in [0.25, 0.3) is 5.91 Å². The third-order valence-electron chi connectivity index (χ3n) is 4.91. The van der Waals surface area contributed by atoms with Crippen LogP contribution in [0.1, 0.15) is 51.2 Å². The fourth-order valence-electron chi connectivity index (χ4n) is 3.17. The van der Waals surface area contributed by atoms with Crippen molar-refractivity contribution in [3.8, 4) is 5.75 Å². The SMILES string of the molecule is CCNC(=O)C(CC)N(Cc1ccc(Cl)cc1)C(=O)COc1ccc(C(C)C)cc1. The van der Waals surface area contributed by atoms with Gasteiger partial charge in [0.1, 0.15) is 11.8 Å². The zero-order valence-corrected chi connectivity index (χ0v) is 18.9. The Balaban J connectivity index is 2.15. The molecule has 6 heteroatoms. The summed E-state index contributed by atoms with van der Waals surface area (Å²) in [5.74, 6) is 0.655. The molecule has 0 heterocycles. The van der Waals surface area contributed by atoms with Crippen molar-refractivity contribution in [2.24, 2.45) is 0 Å². The van der Waals surface area contributed by atoms with Crippen molar-refractivity contribution in [2.45, 2.75) is 52.6 Å². The highest BCUT2D eigenvalue weighted by atomic mass is 35.5. The number of benzene rings is 2. The monoisotopic (exact) mass is 430 g/mol. The summed E-state index contributed by atoms with van der Waals surface area (Å²) in [7, 11) is 0. The van der Waals surface area contributed by atoms with Crippen LogP contribution in [0.25, 0.3) is 0 Å². The zero-order valence-electron chi connectivity index (χ0n) is 18.2. The van der Waals surface area contributed by atoms with Crippen LogP contribution in [0.4, 0.5) is 0 Å². The molecular weight excluding hydrogens is 400 g/mol. The Morgan fingerprint density at radius 2 is 1.67 bits per heavy atom. The van der Waals surface area contributed by atoms with Crippen molar-refractivity contribution in [1.29, 1.82) is 0 Å². The summed E-state index contributed by atoms with van der Waals surface area (Å²) in [6.45, 7) is 8.69. The first-order chi connectivity index (χ1) is 14.3. The maximum Gasteiger partial charge on any atom is 0.261 e. The molecule has 5 nitrogen and oxygen atoms in total. The first-order valence-corrected chi connectivity index (χ1v) is 10.8. The third-order valence-corrected chi connectivity index (χ3v) is 5.16. The number of nitrogens with zero attached hydrogens (tertiary/aromatic N) is 1. The Morgan fingerprint density at radius 1 is 1.03 bits per heavy atom. The number of likely N-dealkylation sites (N-methyl/N-ethyl adjacent to an activating group) is 1. The second-order valence-corrected chi connectivity index (χ2v) is 7.92. The predicted octanol–water partition coefficient (Wildman–Crippen LogP) is 4.79. The molecule has 2 aromatic rings. The molecule has 1 atom stereocenters. The molecule has 1 unspecified atom stereocenters. The summed E-state index contributed by atoms with van der Waals surface area (Å²) in [4.78, 5) is 27.2. The number of nitrogens with one attached hydrogen (secondary N) is 1. The van der Waals surface area contributed by atoms with Gasteiger partial charge in [-0.1, -0.05) is 56.6 Å². The van der Waals surface area contributed by atoms with Gasteiger partial charge in [-0.05, 0) is 54.7 Å². The largest absolute Gasteiger partial charge is 0.484 e. The maximum atomic E-state index is 13.1. The van der Waals surface area contributed by atoms with Crippen LogP contribution < -0.4 is 10.1 Å². The van der Waals surface area contributed by atoms with Gasteiger partial charge in [0, 0.05) is 18.1 Å². The Kier molecular flexibility index (Phi) is 9.18. The number of carbonyl (C=O) groups is 2. The zero-order chi connectivity index (χ0) is 22.1. The third kappa shape index (κ3) is 6.77. The Hall–Kier alpha value is -2.53. The normalized spacial score (nSPS) is 11.8. The van der Waals surface area contributed by atoms with Gasteiger partial charge in [-0.2, -0.15) is 0 Å². The van der Waals surface area contributed by atoms with Crippen LogP contribution in [0, 0.1) is 0 Å². The second kappa shape index (κ2) is 11.6. The van der Waals surface area contributed by atoms with E-state index in [1.54, 1.807) is 17.0 Å². The van der Waals surface area contributed by atoms with E-state index in [-0.39, 0.29) is 18.4 Å². The lowest BCUT2D eigenvalue weighted by atomic mass is 10.0. The molecule has 2 amide bonds. The Bertz CT molecular complexity index is 819. The topological polar surface area (TPSA) is 58.6 Å². The average Bonchev–Trinajstić information content (AvgIpc) is 2.73. The van der Waals surface area contributed by atoms with Crippen LogP contribution in [0.5, 0.6) is 5.75 Å². The molecule has 2 aromatic carbocycles. The fraction of sp³-hybridized carbons (Fsp3) is 0.417. The van der Waals surface area contributed by atoms with E-state index in [0.29, 0.717) is 36.2 Å². The van der Waals surface area contributed by atoms with Gasteiger partial charge in [-0.25, -0.2) is 0 Å². The summed E-state index contributed by atoms with van der Waals surface area (Å²) in [5, 5.41) is 3.45. The lowest BCUT2D eigenvalue weighted by Gasteiger charge is -2.30. The van der Waals surface area contributed by atoms with Crippen LogP contribution in [0.2, 0.25) is 5.02 Å². The minimum atomic E-state index is -0.569. The first kappa shape index (κ1) is 23.7. The van der Waals surface area contributed by atoms with Crippen LogP contribution in [0.15, 0.2) is 48.5 Å². The van der Waals surface area contributed by atoms with Crippen LogP contribution in [-0.4, -0.2) is 35.9 Å². The van der Waals surface area contributed by atoms with Crippen molar-refractivity contribution >= 4 is 23.4 Å². The smallest absolute Gasteiger partial charge is 0.261 e. The molecule has 0 spiro atoms. The average molecular weight is 431 g/mol. The molecule has 162 valence electrons. The molecule has 0 aliphatic heterocycles. The molecule has 2 rings (SSSR count). The number of hydrogen-bond acceptors (Lipinski definition) is 3. The van der Waals surface area contributed by atoms with E-state index in [0.717, 1.165) is 5.56 Å². The quantitative estimate of drug-likeness (QED) is 0.589. The van der Waals surface area contributed by atoms with Gasteiger partial charge in [0.2, 0.25) is 5.91 Å². The number of carbonyl (C=O) groups excluding carboxylic acids is 2. The van der Waals surface area contributed by atoms with Crippen molar-refractivity contribution in [3.05, 3.63) is 64.7 Å². The van der Waals surface area contributed by atoms with Gasteiger partial charge >= 0.3 is 0 Å². The van der Waals surface area contributed by atoms with Gasteiger partial charge in [-0.3, -0.25) is 9.59 Å². The minimum Gasteiger partial charge on any atom is -0.484 e. The van der Waals surface area contributed by atoms with E-state index in [9.17, 15) is 9.59 Å². The highest BCUT2D eigenvalue weighted by Gasteiger charge is 2.28. The van der Waals surface area contributed by atoms with E-state index in [4.69, 9.17) is 16.3 Å². The molecule has 0 fully saturated rings. The van der Waals surface area contributed by atoms with E-state index in [1.807, 2.05) is 50.2 Å². The molecular formula is C24H31ClN2O3. The van der Waals surface area contributed by atoms with Crippen LogP contribution in [0.3, 0.4) is 0 Å². The molecule has 30 heavy (non-hydrogen) atoms. The number of halogens is 1. The lowest BCUT2D eigenvalue weighted by Crippen LogP contribution is -2.50. The first-order valence-electron chi connectivity index (χ1n) is 10.4. The number of rotatable bonds is 10. The van der Waals surface area contributed by atoms with E-state index in [1.165, 1.54) is 5.56 Å². The highest BCUT2D eigenvalue weighted by molar-refractivity contribution is 6.30.